The van der Waals surface area contributed by atoms with Gasteiger partial charge in [-0.05, 0) is 30.5 Å². The topological polar surface area (TPSA) is 40.5 Å². The maximum Gasteiger partial charge on any atom is 0.293 e. The molecule has 2 rings (SSSR count). The number of hydrogen-bond donors (Lipinski definition) is 0. The summed E-state index contributed by atoms with van der Waals surface area (Å²) in [6.45, 7) is 11.3. The third-order valence-electron chi connectivity index (χ3n) is 3.14. The Hall–Kier alpha value is -1.59. The van der Waals surface area contributed by atoms with Gasteiger partial charge in [0.1, 0.15) is 6.73 Å². The minimum Gasteiger partial charge on any atom is -0.468 e. The van der Waals surface area contributed by atoms with E-state index < -0.39 is 8.07 Å². The van der Waals surface area contributed by atoms with Crippen LogP contribution in [-0.4, -0.2) is 32.3 Å². The molecule has 1 heterocycles. The van der Waals surface area contributed by atoms with Gasteiger partial charge in [0.25, 0.3) is 6.47 Å². The first-order valence-electron chi connectivity index (χ1n) is 7.65. The van der Waals surface area contributed by atoms with Crippen molar-refractivity contribution >= 4 is 25.4 Å². The number of carbonyl (C=O) groups excluding carboxylic acids is 1. The van der Waals surface area contributed by atoms with E-state index in [0.717, 1.165) is 6.61 Å². The summed E-state index contributed by atoms with van der Waals surface area (Å²) in [4.78, 5) is 9.18. The van der Waals surface area contributed by atoms with E-state index in [1.54, 1.807) is 6.92 Å². The standard InChI is InChI=1S/C14H21NOSi.C3H6O2/c1-17(2,3)11-10-16-12-15-9-8-13-6-4-5-7-14(13)15;1-2-5-3-4/h4-9H,10-12H2,1-3H3;3H,2H2,1H3. The number of fused-ring (bicyclic) bond motifs is 1. The predicted molar refractivity (Wildman–Crippen MR) is 93.7 cm³/mol. The van der Waals surface area contributed by atoms with Crippen molar-refractivity contribution in [3.8, 4) is 0 Å². The Morgan fingerprint density at radius 3 is 2.50 bits per heavy atom. The molecule has 0 N–H and O–H groups in total. The molecule has 0 spiro atoms. The quantitative estimate of drug-likeness (QED) is 0.437. The summed E-state index contributed by atoms with van der Waals surface area (Å²) in [6, 6.07) is 11.8. The minimum absolute atomic E-state index is 0.431. The fraction of sp³-hybridized carbons (Fsp3) is 0.471. The first-order valence-corrected chi connectivity index (χ1v) is 11.4. The van der Waals surface area contributed by atoms with Gasteiger partial charge in [-0.25, -0.2) is 0 Å². The highest BCUT2D eigenvalue weighted by Crippen LogP contribution is 2.15. The monoisotopic (exact) mass is 321 g/mol. The Kier molecular flexibility index (Phi) is 7.91. The Morgan fingerprint density at radius 1 is 1.18 bits per heavy atom. The molecule has 0 radical (unpaired) electrons. The fourth-order valence-electron chi connectivity index (χ4n) is 1.86. The molecule has 1 aromatic heterocycles. The fourth-order valence-corrected chi connectivity index (χ4v) is 2.62. The average molecular weight is 321 g/mol. The van der Waals surface area contributed by atoms with Crippen molar-refractivity contribution in [2.45, 2.75) is 39.3 Å². The van der Waals surface area contributed by atoms with Crippen molar-refractivity contribution in [1.29, 1.82) is 0 Å². The van der Waals surface area contributed by atoms with Crippen LogP contribution in [0.25, 0.3) is 10.9 Å². The van der Waals surface area contributed by atoms with E-state index >= 15 is 0 Å². The molecule has 0 saturated carbocycles. The van der Waals surface area contributed by atoms with Crippen LogP contribution in [0.1, 0.15) is 6.92 Å². The molecular formula is C17H27NO3Si. The lowest BCUT2D eigenvalue weighted by atomic mass is 10.2. The summed E-state index contributed by atoms with van der Waals surface area (Å²) in [5, 5.41) is 1.28. The van der Waals surface area contributed by atoms with Crippen molar-refractivity contribution in [3.63, 3.8) is 0 Å². The number of rotatable bonds is 7. The van der Waals surface area contributed by atoms with Crippen molar-refractivity contribution in [2.24, 2.45) is 0 Å². The summed E-state index contributed by atoms with van der Waals surface area (Å²) in [7, 11) is -0.967. The van der Waals surface area contributed by atoms with Crippen LogP contribution in [0.2, 0.25) is 25.7 Å². The van der Waals surface area contributed by atoms with E-state index in [2.05, 4.69) is 65.5 Å². The van der Waals surface area contributed by atoms with Crippen LogP contribution in [-0.2, 0) is 21.0 Å². The van der Waals surface area contributed by atoms with Gasteiger partial charge in [0.2, 0.25) is 0 Å². The second-order valence-electron chi connectivity index (χ2n) is 6.24. The lowest BCUT2D eigenvalue weighted by Crippen LogP contribution is -2.21. The zero-order valence-corrected chi connectivity index (χ0v) is 15.0. The summed E-state index contributed by atoms with van der Waals surface area (Å²) >= 11 is 0. The van der Waals surface area contributed by atoms with E-state index in [1.807, 2.05) is 0 Å². The molecule has 0 amide bonds. The van der Waals surface area contributed by atoms with Gasteiger partial charge in [-0.1, -0.05) is 37.8 Å². The first-order chi connectivity index (χ1) is 10.5. The molecule has 0 atom stereocenters. The average Bonchev–Trinajstić information content (AvgIpc) is 2.88. The van der Waals surface area contributed by atoms with Crippen LogP contribution in [0, 0.1) is 0 Å². The molecule has 122 valence electrons. The van der Waals surface area contributed by atoms with E-state index in [0.29, 0.717) is 19.8 Å². The van der Waals surface area contributed by atoms with E-state index in [4.69, 9.17) is 4.74 Å². The van der Waals surface area contributed by atoms with Crippen molar-refractivity contribution in [3.05, 3.63) is 36.5 Å². The summed E-state index contributed by atoms with van der Waals surface area (Å²) in [6.07, 6.45) is 2.10. The van der Waals surface area contributed by atoms with Crippen LogP contribution in [0.4, 0.5) is 0 Å². The summed E-state index contributed by atoms with van der Waals surface area (Å²) in [5.41, 5.74) is 1.25. The Labute approximate surface area is 134 Å². The van der Waals surface area contributed by atoms with Gasteiger partial charge in [0.05, 0.1) is 6.61 Å². The van der Waals surface area contributed by atoms with Gasteiger partial charge in [-0.3, -0.25) is 4.79 Å². The van der Waals surface area contributed by atoms with Gasteiger partial charge in [-0.2, -0.15) is 0 Å². The molecule has 0 bridgehead atoms. The number of carbonyl (C=O) groups is 1. The van der Waals surface area contributed by atoms with Gasteiger partial charge in [0, 0.05) is 26.4 Å². The van der Waals surface area contributed by atoms with Gasteiger partial charge in [0.15, 0.2) is 0 Å². The Bertz CT molecular complexity index is 560. The number of ether oxygens (including phenoxy) is 2. The van der Waals surface area contributed by atoms with Gasteiger partial charge in [-0.15, -0.1) is 0 Å². The van der Waals surface area contributed by atoms with Crippen molar-refractivity contribution < 1.29 is 14.3 Å². The highest BCUT2D eigenvalue weighted by atomic mass is 28.3. The first kappa shape index (κ1) is 18.5. The Balaban J connectivity index is 0.000000422. The van der Waals surface area contributed by atoms with E-state index in [9.17, 15) is 4.79 Å². The highest BCUT2D eigenvalue weighted by Gasteiger charge is 2.12. The lowest BCUT2D eigenvalue weighted by molar-refractivity contribution is -0.128. The number of benzene rings is 1. The molecule has 0 unspecified atom stereocenters. The molecule has 0 fully saturated rings. The molecule has 0 saturated heterocycles. The second kappa shape index (κ2) is 9.43. The summed E-state index contributed by atoms with van der Waals surface area (Å²) < 4.78 is 12.1. The summed E-state index contributed by atoms with van der Waals surface area (Å²) in [5.74, 6) is 0. The zero-order chi connectivity index (χ0) is 16.4. The SMILES string of the molecule is CCOC=O.C[Si](C)(C)CCOCn1ccc2ccccc21. The maximum atomic E-state index is 9.18. The Morgan fingerprint density at radius 2 is 1.91 bits per heavy atom. The van der Waals surface area contributed by atoms with Gasteiger partial charge >= 0.3 is 0 Å². The smallest absolute Gasteiger partial charge is 0.293 e. The molecule has 1 aromatic carbocycles. The lowest BCUT2D eigenvalue weighted by Gasteiger charge is -2.15. The van der Waals surface area contributed by atoms with Crippen LogP contribution < -0.4 is 0 Å². The predicted octanol–water partition coefficient (Wildman–Crippen LogP) is 4.13. The number of aromatic nitrogens is 1. The third-order valence-corrected chi connectivity index (χ3v) is 4.85. The second-order valence-corrected chi connectivity index (χ2v) is 11.9. The third kappa shape index (κ3) is 6.91. The molecule has 2 aromatic rings. The van der Waals surface area contributed by atoms with Crippen molar-refractivity contribution in [1.82, 2.24) is 4.57 Å². The molecule has 0 aliphatic carbocycles. The molecule has 0 aliphatic heterocycles. The van der Waals surface area contributed by atoms with Crippen molar-refractivity contribution in [2.75, 3.05) is 13.2 Å². The molecule has 0 aliphatic rings. The number of para-hydroxylation sites is 1. The number of nitrogens with zero attached hydrogens (tertiary/aromatic N) is 1. The van der Waals surface area contributed by atoms with Crippen LogP contribution in [0.5, 0.6) is 0 Å². The van der Waals surface area contributed by atoms with Crippen LogP contribution in [0.15, 0.2) is 36.5 Å². The van der Waals surface area contributed by atoms with E-state index in [1.165, 1.54) is 16.9 Å². The molecule has 22 heavy (non-hydrogen) atoms. The number of hydrogen-bond acceptors (Lipinski definition) is 3. The van der Waals surface area contributed by atoms with Crippen LogP contribution in [0.3, 0.4) is 0 Å². The minimum atomic E-state index is -0.967. The largest absolute Gasteiger partial charge is 0.468 e. The van der Waals surface area contributed by atoms with Gasteiger partial charge < -0.3 is 14.0 Å². The molecule has 5 heteroatoms. The zero-order valence-electron chi connectivity index (χ0n) is 14.0. The van der Waals surface area contributed by atoms with E-state index in [-0.39, 0.29) is 0 Å². The normalized spacial score (nSPS) is 10.9. The molecule has 4 nitrogen and oxygen atoms in total. The van der Waals surface area contributed by atoms with Crippen LogP contribution >= 0.6 is 0 Å². The molecular weight excluding hydrogens is 294 g/mol. The highest BCUT2D eigenvalue weighted by molar-refractivity contribution is 6.76. The maximum absolute atomic E-state index is 9.18.